The summed E-state index contributed by atoms with van der Waals surface area (Å²) in [5.41, 5.74) is -3.38. The molecule has 0 aromatic heterocycles. The maximum Gasteiger partial charge on any atom is 0.204 e. The van der Waals surface area contributed by atoms with E-state index < -0.39 is 17.0 Å². The van der Waals surface area contributed by atoms with Crippen molar-refractivity contribution in [2.75, 3.05) is 11.8 Å². The van der Waals surface area contributed by atoms with E-state index in [1.165, 1.54) is 0 Å². The Morgan fingerprint density at radius 3 is 1.47 bits per heavy atom. The van der Waals surface area contributed by atoms with Gasteiger partial charge in [-0.2, -0.15) is 0 Å². The monoisotopic (exact) mass is 454 g/mol. The Morgan fingerprint density at radius 1 is 0.667 bits per heavy atom. The van der Waals surface area contributed by atoms with E-state index in [2.05, 4.69) is 0 Å². The fourth-order valence-electron chi connectivity index (χ4n) is 4.41. The molecule has 5 heteroatoms. The molecule has 30 heavy (non-hydrogen) atoms. The van der Waals surface area contributed by atoms with E-state index in [1.54, 1.807) is 24.3 Å². The van der Waals surface area contributed by atoms with E-state index in [1.807, 2.05) is 24.3 Å². The molecular weight excluding hydrogens is 419 g/mol. The summed E-state index contributed by atoms with van der Waals surface area (Å²) >= 11 is 11.5. The van der Waals surface area contributed by atoms with Gasteiger partial charge in [0.2, 0.25) is 5.78 Å². The number of aliphatic hydroxyl groups is 2. The molecule has 0 bridgehead atoms. The van der Waals surface area contributed by atoms with Gasteiger partial charge in [-0.15, -0.1) is 23.2 Å². The Morgan fingerprint density at radius 2 is 1.07 bits per heavy atom. The number of allylic oxidation sites excluding steroid dienone is 4. The molecule has 168 valence electrons. The topological polar surface area (TPSA) is 57.5 Å². The predicted molar refractivity (Wildman–Crippen MR) is 126 cm³/mol. The minimum Gasteiger partial charge on any atom is -0.377 e. The SMILES string of the molecule is O=C(C1(O)C=CC=CC1CCCCCCCl)C1(O)C=CC=CC1CCCCCCCl. The molecule has 3 nitrogen and oxygen atoms in total. The van der Waals surface area contributed by atoms with E-state index in [0.29, 0.717) is 24.6 Å². The number of ketones is 1. The molecule has 0 radical (unpaired) electrons. The van der Waals surface area contributed by atoms with Crippen molar-refractivity contribution in [3.63, 3.8) is 0 Å². The van der Waals surface area contributed by atoms with Gasteiger partial charge in [-0.3, -0.25) is 4.79 Å². The zero-order valence-corrected chi connectivity index (χ0v) is 19.3. The first-order valence-electron chi connectivity index (χ1n) is 11.3. The summed E-state index contributed by atoms with van der Waals surface area (Å²) < 4.78 is 0. The second kappa shape index (κ2) is 12.9. The zero-order chi connectivity index (χ0) is 21.9. The number of alkyl halides is 2. The molecule has 0 spiro atoms. The minimum absolute atomic E-state index is 0.335. The van der Waals surface area contributed by atoms with Crippen LogP contribution in [0.5, 0.6) is 0 Å². The molecule has 0 saturated carbocycles. The number of rotatable bonds is 14. The van der Waals surface area contributed by atoms with E-state index in [9.17, 15) is 15.0 Å². The van der Waals surface area contributed by atoms with Crippen molar-refractivity contribution in [2.24, 2.45) is 11.8 Å². The first-order chi connectivity index (χ1) is 14.5. The molecule has 2 aliphatic rings. The van der Waals surface area contributed by atoms with Crippen LogP contribution in [-0.2, 0) is 4.79 Å². The Kier molecular flexibility index (Phi) is 10.9. The molecule has 2 aliphatic carbocycles. The van der Waals surface area contributed by atoms with Crippen LogP contribution in [-0.4, -0.2) is 39.0 Å². The molecule has 0 amide bonds. The highest BCUT2D eigenvalue weighted by atomic mass is 35.5. The van der Waals surface area contributed by atoms with E-state index in [4.69, 9.17) is 23.2 Å². The third-order valence-electron chi connectivity index (χ3n) is 6.27. The Bertz CT molecular complexity index is 601. The molecular formula is C25H36Cl2O3. The van der Waals surface area contributed by atoms with Gasteiger partial charge in [0.15, 0.2) is 11.2 Å². The lowest BCUT2D eigenvalue weighted by Crippen LogP contribution is -2.58. The van der Waals surface area contributed by atoms with Gasteiger partial charge in [0.1, 0.15) is 0 Å². The normalized spacial score (nSPS) is 30.1. The summed E-state index contributed by atoms with van der Waals surface area (Å²) in [5, 5.41) is 22.9. The van der Waals surface area contributed by atoms with Crippen molar-refractivity contribution in [3.8, 4) is 0 Å². The number of halogens is 2. The third kappa shape index (κ3) is 6.56. The first kappa shape index (κ1) is 25.4. The molecule has 0 saturated heterocycles. The second-order valence-electron chi connectivity index (χ2n) is 8.46. The number of hydrogen-bond acceptors (Lipinski definition) is 3. The van der Waals surface area contributed by atoms with Crippen LogP contribution in [0.4, 0.5) is 0 Å². The Labute approximate surface area is 191 Å². The van der Waals surface area contributed by atoms with Crippen molar-refractivity contribution in [1.29, 1.82) is 0 Å². The number of hydrogen-bond donors (Lipinski definition) is 2. The van der Waals surface area contributed by atoms with E-state index in [0.717, 1.165) is 51.4 Å². The van der Waals surface area contributed by atoms with Crippen LogP contribution in [0.15, 0.2) is 48.6 Å². The summed E-state index contributed by atoms with van der Waals surface area (Å²) in [6, 6.07) is 0. The fourth-order valence-corrected chi connectivity index (χ4v) is 4.79. The molecule has 4 unspecified atom stereocenters. The van der Waals surface area contributed by atoms with Gasteiger partial charge in [-0.25, -0.2) is 0 Å². The summed E-state index contributed by atoms with van der Waals surface area (Å²) in [6.45, 7) is 0. The van der Waals surface area contributed by atoms with Crippen molar-refractivity contribution >= 4 is 29.0 Å². The lowest BCUT2D eigenvalue weighted by Gasteiger charge is -2.41. The standard InChI is InChI=1S/C25H36Cl2O3/c26-19-11-3-1-5-13-21-15-7-9-17-24(21,29)23(28)25(30)18-10-8-16-22(25)14-6-2-4-12-20-27/h7-10,15-18,21-22,29-30H,1-6,11-14,19-20H2. The van der Waals surface area contributed by atoms with Gasteiger partial charge in [0.25, 0.3) is 0 Å². The van der Waals surface area contributed by atoms with Crippen LogP contribution in [0.2, 0.25) is 0 Å². The number of carbonyl (C=O) groups is 1. The first-order valence-corrected chi connectivity index (χ1v) is 12.4. The highest BCUT2D eigenvalue weighted by Gasteiger charge is 2.52. The molecule has 2 rings (SSSR count). The van der Waals surface area contributed by atoms with E-state index in [-0.39, 0.29) is 11.8 Å². The quantitative estimate of drug-likeness (QED) is 0.254. The summed E-state index contributed by atoms with van der Waals surface area (Å²) in [7, 11) is 0. The lowest BCUT2D eigenvalue weighted by molar-refractivity contribution is -0.155. The Hall–Kier alpha value is -0.870. The van der Waals surface area contributed by atoms with Crippen LogP contribution in [0.3, 0.4) is 0 Å². The molecule has 2 N–H and O–H groups in total. The molecule has 0 aromatic carbocycles. The van der Waals surface area contributed by atoms with Gasteiger partial charge in [-0.1, -0.05) is 75.0 Å². The van der Waals surface area contributed by atoms with Gasteiger partial charge in [-0.05, 0) is 37.8 Å². The van der Waals surface area contributed by atoms with Crippen molar-refractivity contribution < 1.29 is 15.0 Å². The molecule has 0 aromatic rings. The number of unbranched alkanes of at least 4 members (excludes halogenated alkanes) is 6. The van der Waals surface area contributed by atoms with Crippen molar-refractivity contribution in [2.45, 2.75) is 75.4 Å². The van der Waals surface area contributed by atoms with Gasteiger partial charge in [0.05, 0.1) is 0 Å². The predicted octanol–water partition coefficient (Wildman–Crippen LogP) is 5.88. The van der Waals surface area contributed by atoms with Crippen LogP contribution in [0.1, 0.15) is 64.2 Å². The molecule has 0 heterocycles. The lowest BCUT2D eigenvalue weighted by atomic mass is 9.67. The van der Waals surface area contributed by atoms with Gasteiger partial charge < -0.3 is 10.2 Å². The number of carbonyl (C=O) groups excluding carboxylic acids is 1. The molecule has 0 aliphatic heterocycles. The average Bonchev–Trinajstić information content (AvgIpc) is 2.75. The summed E-state index contributed by atoms with van der Waals surface area (Å²) in [6.07, 6.45) is 23.4. The second-order valence-corrected chi connectivity index (χ2v) is 9.22. The maximum absolute atomic E-state index is 13.6. The van der Waals surface area contributed by atoms with Crippen molar-refractivity contribution in [3.05, 3.63) is 48.6 Å². The van der Waals surface area contributed by atoms with E-state index >= 15 is 0 Å². The Balaban J connectivity index is 2.07. The highest BCUT2D eigenvalue weighted by molar-refractivity contribution is 6.18. The smallest absolute Gasteiger partial charge is 0.204 e. The van der Waals surface area contributed by atoms with Crippen LogP contribution in [0.25, 0.3) is 0 Å². The van der Waals surface area contributed by atoms with Gasteiger partial charge >= 0.3 is 0 Å². The van der Waals surface area contributed by atoms with Crippen LogP contribution >= 0.6 is 23.2 Å². The van der Waals surface area contributed by atoms with Gasteiger partial charge in [0, 0.05) is 23.6 Å². The summed E-state index contributed by atoms with van der Waals surface area (Å²) in [5.74, 6) is 0.133. The van der Waals surface area contributed by atoms with Crippen LogP contribution < -0.4 is 0 Å². The maximum atomic E-state index is 13.6. The minimum atomic E-state index is -1.69. The third-order valence-corrected chi connectivity index (χ3v) is 6.80. The number of Topliss-reactive ketones (excluding diaryl/α,β-unsaturated/α-hetero) is 1. The zero-order valence-electron chi connectivity index (χ0n) is 17.8. The largest absolute Gasteiger partial charge is 0.377 e. The summed E-state index contributed by atoms with van der Waals surface area (Å²) in [4.78, 5) is 13.6. The highest BCUT2D eigenvalue weighted by Crippen LogP contribution is 2.39. The fraction of sp³-hybridized carbons (Fsp3) is 0.640. The molecule has 4 atom stereocenters. The van der Waals surface area contributed by atoms with Crippen molar-refractivity contribution in [1.82, 2.24) is 0 Å². The van der Waals surface area contributed by atoms with Crippen LogP contribution in [0, 0.1) is 11.8 Å². The average molecular weight is 455 g/mol. The molecule has 0 fully saturated rings.